The predicted octanol–water partition coefficient (Wildman–Crippen LogP) is 4.66. The standard InChI is InChI=1S/C14H19N3O3P/c1-4-6-10-13(5-2)19-21(18,17-16-15-3)20-14-11-8-7-9-12-14/h5-12H,4H2,1-3H3/q+1. The highest BCUT2D eigenvalue weighted by Crippen LogP contribution is 2.51. The van der Waals surface area contributed by atoms with Crippen molar-refractivity contribution in [2.45, 2.75) is 20.3 Å². The van der Waals surface area contributed by atoms with Crippen LogP contribution in [0, 0.1) is 0 Å². The maximum Gasteiger partial charge on any atom is 0.640 e. The first-order valence-electron chi connectivity index (χ1n) is 6.52. The van der Waals surface area contributed by atoms with Crippen molar-refractivity contribution in [1.29, 1.82) is 0 Å². The molecule has 0 saturated carbocycles. The molecule has 0 heterocycles. The van der Waals surface area contributed by atoms with Gasteiger partial charge in [-0.05, 0) is 37.6 Å². The molecule has 1 unspecified atom stereocenters. The zero-order valence-electron chi connectivity index (χ0n) is 12.3. The molecule has 1 aromatic carbocycles. The van der Waals surface area contributed by atoms with E-state index >= 15 is 0 Å². The van der Waals surface area contributed by atoms with Crippen molar-refractivity contribution in [3.8, 4) is 5.75 Å². The highest BCUT2D eigenvalue weighted by molar-refractivity contribution is 7.52. The van der Waals surface area contributed by atoms with Crippen LogP contribution in [0.25, 0.3) is 0 Å². The van der Waals surface area contributed by atoms with E-state index in [9.17, 15) is 4.57 Å². The molecule has 1 aromatic rings. The van der Waals surface area contributed by atoms with Crippen molar-refractivity contribution >= 4 is 7.75 Å². The molecule has 0 aromatic heterocycles. The van der Waals surface area contributed by atoms with Crippen LogP contribution >= 0.6 is 7.75 Å². The Kier molecular flexibility index (Phi) is 7.16. The van der Waals surface area contributed by atoms with E-state index in [2.05, 4.69) is 14.9 Å². The summed E-state index contributed by atoms with van der Waals surface area (Å²) in [6.07, 6.45) is 6.09. The van der Waals surface area contributed by atoms with Gasteiger partial charge in [0.25, 0.3) is 4.88 Å². The Morgan fingerprint density at radius 2 is 2.10 bits per heavy atom. The third-order valence-electron chi connectivity index (χ3n) is 2.23. The van der Waals surface area contributed by atoms with Crippen LogP contribution in [0.4, 0.5) is 0 Å². The first-order chi connectivity index (χ1) is 10.1. The summed E-state index contributed by atoms with van der Waals surface area (Å²) in [5.74, 6) is 0.775. The number of benzene rings is 1. The van der Waals surface area contributed by atoms with Crippen molar-refractivity contribution in [2.75, 3.05) is 7.05 Å². The molecule has 21 heavy (non-hydrogen) atoms. The molecule has 0 fully saturated rings. The second kappa shape index (κ2) is 8.90. The second-order valence-corrected chi connectivity index (χ2v) is 5.33. The molecule has 6 nitrogen and oxygen atoms in total. The SMILES string of the molecule is CC=C(C=CCC)OP(=O)(N=[N+]=NC)Oc1ccccc1. The van der Waals surface area contributed by atoms with Crippen molar-refractivity contribution < 1.29 is 13.6 Å². The molecule has 0 aliphatic heterocycles. The number of allylic oxidation sites excluding steroid dienone is 3. The third kappa shape index (κ3) is 6.21. The Balaban J connectivity index is 3.01. The summed E-state index contributed by atoms with van der Waals surface area (Å²) < 4.78 is 23.4. The summed E-state index contributed by atoms with van der Waals surface area (Å²) in [7, 11) is -2.41. The van der Waals surface area contributed by atoms with E-state index in [0.717, 1.165) is 6.42 Å². The lowest BCUT2D eigenvalue weighted by molar-refractivity contribution is 0.336. The van der Waals surface area contributed by atoms with E-state index in [1.807, 2.05) is 19.1 Å². The van der Waals surface area contributed by atoms with Crippen molar-refractivity contribution in [2.24, 2.45) is 10.00 Å². The number of hydrogen-bond donors (Lipinski definition) is 0. The maximum atomic E-state index is 12.6. The first-order valence-corrected chi connectivity index (χ1v) is 8.01. The Bertz CT molecular complexity index is 605. The molecule has 0 bridgehead atoms. The zero-order chi connectivity index (χ0) is 15.6. The fourth-order valence-electron chi connectivity index (χ4n) is 1.31. The topological polar surface area (TPSA) is 74.4 Å². The van der Waals surface area contributed by atoms with Crippen LogP contribution in [0.1, 0.15) is 20.3 Å². The van der Waals surface area contributed by atoms with Crippen LogP contribution in [0.15, 0.2) is 64.3 Å². The van der Waals surface area contributed by atoms with Gasteiger partial charge in [0.1, 0.15) is 23.7 Å². The summed E-state index contributed by atoms with van der Waals surface area (Å²) in [5, 5.41) is 3.45. The Morgan fingerprint density at radius 1 is 1.38 bits per heavy atom. The molecule has 0 spiro atoms. The average Bonchev–Trinajstić information content (AvgIpc) is 2.50. The van der Waals surface area contributed by atoms with Crippen LogP contribution in [-0.2, 0) is 9.09 Å². The fourth-order valence-corrected chi connectivity index (χ4v) is 2.41. The Labute approximate surface area is 124 Å². The molecule has 0 radical (unpaired) electrons. The molecule has 0 aliphatic carbocycles. The van der Waals surface area contributed by atoms with Gasteiger partial charge in [-0.15, -0.1) is 0 Å². The van der Waals surface area contributed by atoms with Gasteiger partial charge in [-0.1, -0.05) is 31.2 Å². The number of rotatable bonds is 7. The molecule has 0 aliphatic rings. The quantitative estimate of drug-likeness (QED) is 0.242. The van der Waals surface area contributed by atoms with Crippen LogP contribution in [0.2, 0.25) is 0 Å². The molecule has 7 heteroatoms. The van der Waals surface area contributed by atoms with Crippen molar-refractivity contribution in [1.82, 2.24) is 4.91 Å². The first kappa shape index (κ1) is 16.9. The van der Waals surface area contributed by atoms with Crippen LogP contribution in [0.5, 0.6) is 5.75 Å². The maximum absolute atomic E-state index is 12.6. The summed E-state index contributed by atoms with van der Waals surface area (Å²) in [5.41, 5.74) is 0. The van der Waals surface area contributed by atoms with Crippen molar-refractivity contribution in [3.05, 3.63) is 54.3 Å². The van der Waals surface area contributed by atoms with Gasteiger partial charge in [0, 0.05) is 0 Å². The van der Waals surface area contributed by atoms with E-state index in [4.69, 9.17) is 9.05 Å². The molecule has 0 amide bonds. The van der Waals surface area contributed by atoms with Gasteiger partial charge in [0.2, 0.25) is 4.91 Å². The van der Waals surface area contributed by atoms with Gasteiger partial charge in [0.05, 0.1) is 0 Å². The van der Waals surface area contributed by atoms with Gasteiger partial charge < -0.3 is 9.05 Å². The van der Waals surface area contributed by atoms with Gasteiger partial charge in [-0.25, -0.2) is 4.57 Å². The molecular formula is C14H19N3O3P+. The van der Waals surface area contributed by atoms with Crippen molar-refractivity contribution in [3.63, 3.8) is 0 Å². The van der Waals surface area contributed by atoms with E-state index in [1.54, 1.807) is 43.3 Å². The second-order valence-electron chi connectivity index (χ2n) is 3.84. The number of para-hydroxylation sites is 1. The normalized spacial score (nSPS) is 14.1. The molecule has 0 saturated heterocycles. The van der Waals surface area contributed by atoms with Gasteiger partial charge in [-0.3, -0.25) is 0 Å². The monoisotopic (exact) mass is 308 g/mol. The lowest BCUT2D eigenvalue weighted by Crippen LogP contribution is -1.96. The number of hydrogen-bond acceptors (Lipinski definition) is 4. The zero-order valence-corrected chi connectivity index (χ0v) is 13.2. The molecule has 1 rings (SSSR count). The Hall–Kier alpha value is -2.16. The minimum atomic E-state index is -3.83. The molecular weight excluding hydrogens is 289 g/mol. The van der Waals surface area contributed by atoms with Gasteiger partial charge in [0.15, 0.2) is 0 Å². The van der Waals surface area contributed by atoms with E-state index < -0.39 is 7.75 Å². The smallest absolute Gasteiger partial charge is 0.396 e. The minimum Gasteiger partial charge on any atom is -0.396 e. The fraction of sp³-hybridized carbons (Fsp3) is 0.286. The molecule has 0 N–H and O–H groups in total. The highest BCUT2D eigenvalue weighted by Gasteiger charge is 2.35. The summed E-state index contributed by atoms with van der Waals surface area (Å²) in [6.45, 7) is 3.75. The van der Waals surface area contributed by atoms with Gasteiger partial charge in [-0.2, -0.15) is 0 Å². The van der Waals surface area contributed by atoms with Crippen LogP contribution in [0.3, 0.4) is 0 Å². The molecule has 112 valence electrons. The average molecular weight is 308 g/mol. The van der Waals surface area contributed by atoms with E-state index in [0.29, 0.717) is 11.5 Å². The predicted molar refractivity (Wildman–Crippen MR) is 81.9 cm³/mol. The Morgan fingerprint density at radius 3 is 2.67 bits per heavy atom. The van der Waals surface area contributed by atoms with Crippen LogP contribution in [-0.4, -0.2) is 7.05 Å². The summed E-state index contributed by atoms with van der Waals surface area (Å²) >= 11 is 0. The van der Waals surface area contributed by atoms with E-state index in [-0.39, 0.29) is 0 Å². The minimum absolute atomic E-state index is 0.380. The molecule has 1 atom stereocenters. The summed E-state index contributed by atoms with van der Waals surface area (Å²) in [6, 6.07) is 8.66. The highest BCUT2D eigenvalue weighted by atomic mass is 31.2. The number of nitrogens with zero attached hydrogens (tertiary/aromatic N) is 3. The largest absolute Gasteiger partial charge is 0.640 e. The van der Waals surface area contributed by atoms with Crippen LogP contribution < -0.4 is 9.44 Å². The lowest BCUT2D eigenvalue weighted by atomic mass is 10.3. The summed E-state index contributed by atoms with van der Waals surface area (Å²) in [4.78, 5) is 6.95. The lowest BCUT2D eigenvalue weighted by Gasteiger charge is -2.11. The third-order valence-corrected chi connectivity index (χ3v) is 3.41. The van der Waals surface area contributed by atoms with Gasteiger partial charge >= 0.3 is 7.75 Å². The van der Waals surface area contributed by atoms with E-state index in [1.165, 1.54) is 7.05 Å².